The summed E-state index contributed by atoms with van der Waals surface area (Å²) in [4.78, 5) is 2.79. The first-order valence-corrected chi connectivity index (χ1v) is 8.76. The van der Waals surface area contributed by atoms with Gasteiger partial charge >= 0.3 is 0 Å². The van der Waals surface area contributed by atoms with Gasteiger partial charge in [-0.1, -0.05) is 44.2 Å². The minimum absolute atomic E-state index is 0.514. The van der Waals surface area contributed by atoms with Crippen molar-refractivity contribution in [3.8, 4) is 0 Å². The van der Waals surface area contributed by atoms with Crippen molar-refractivity contribution in [2.24, 2.45) is 11.8 Å². The Bertz CT molecular complexity index is 424. The van der Waals surface area contributed by atoms with Crippen LogP contribution in [-0.4, -0.2) is 30.6 Å². The molecule has 2 fully saturated rings. The van der Waals surface area contributed by atoms with E-state index in [1.54, 1.807) is 0 Å². The zero-order valence-corrected chi connectivity index (χ0v) is 13.6. The van der Waals surface area contributed by atoms with Crippen LogP contribution in [0.1, 0.15) is 51.1 Å². The Hall–Kier alpha value is -0.860. The number of piperazine rings is 1. The fourth-order valence-corrected chi connectivity index (χ4v) is 3.64. The van der Waals surface area contributed by atoms with Gasteiger partial charge in [-0.2, -0.15) is 0 Å². The number of nitrogens with zero attached hydrogens (tertiary/aromatic N) is 1. The zero-order chi connectivity index (χ0) is 14.7. The number of rotatable bonds is 6. The minimum Gasteiger partial charge on any atom is -0.307 e. The smallest absolute Gasteiger partial charge is 0.0449 e. The maximum Gasteiger partial charge on any atom is 0.0449 e. The van der Waals surface area contributed by atoms with Gasteiger partial charge in [0, 0.05) is 25.2 Å². The van der Waals surface area contributed by atoms with Gasteiger partial charge in [-0.3, -0.25) is 4.90 Å². The molecule has 1 aromatic carbocycles. The molecule has 1 aliphatic carbocycles. The molecular formula is C19H30N2. The van der Waals surface area contributed by atoms with Crippen molar-refractivity contribution in [2.45, 2.75) is 51.6 Å². The van der Waals surface area contributed by atoms with Gasteiger partial charge in [-0.05, 0) is 49.6 Å². The quantitative estimate of drug-likeness (QED) is 0.854. The SMILES string of the molecule is CC(C)CCCN1CC(c2ccccc2)NCC1C1CC1. The normalized spacial score (nSPS) is 27.2. The van der Waals surface area contributed by atoms with Gasteiger partial charge in [-0.25, -0.2) is 0 Å². The summed E-state index contributed by atoms with van der Waals surface area (Å²) in [6, 6.07) is 12.3. The lowest BCUT2D eigenvalue weighted by Gasteiger charge is -2.41. The van der Waals surface area contributed by atoms with Crippen LogP contribution in [-0.2, 0) is 0 Å². The number of hydrogen-bond acceptors (Lipinski definition) is 2. The molecule has 2 nitrogen and oxygen atoms in total. The predicted molar refractivity (Wildman–Crippen MR) is 89.3 cm³/mol. The maximum atomic E-state index is 3.79. The minimum atomic E-state index is 0.514. The lowest BCUT2D eigenvalue weighted by molar-refractivity contribution is 0.111. The molecule has 0 spiro atoms. The van der Waals surface area contributed by atoms with E-state index in [-0.39, 0.29) is 0 Å². The second-order valence-electron chi connectivity index (χ2n) is 7.31. The van der Waals surface area contributed by atoms with Crippen molar-refractivity contribution in [1.82, 2.24) is 10.2 Å². The predicted octanol–water partition coefficient (Wildman–Crippen LogP) is 3.85. The van der Waals surface area contributed by atoms with E-state index in [1.807, 2.05) is 0 Å². The Labute approximate surface area is 129 Å². The topological polar surface area (TPSA) is 15.3 Å². The molecule has 0 aromatic heterocycles. The summed E-state index contributed by atoms with van der Waals surface area (Å²) in [5, 5.41) is 3.79. The summed E-state index contributed by atoms with van der Waals surface area (Å²) in [7, 11) is 0. The lowest BCUT2D eigenvalue weighted by atomic mass is 9.98. The molecule has 1 aliphatic heterocycles. The molecule has 1 saturated heterocycles. The van der Waals surface area contributed by atoms with Crippen LogP contribution < -0.4 is 5.32 Å². The van der Waals surface area contributed by atoms with Gasteiger partial charge in [0.25, 0.3) is 0 Å². The largest absolute Gasteiger partial charge is 0.307 e. The molecule has 1 aromatic rings. The van der Waals surface area contributed by atoms with Crippen LogP contribution in [0.5, 0.6) is 0 Å². The van der Waals surface area contributed by atoms with Gasteiger partial charge < -0.3 is 5.32 Å². The van der Waals surface area contributed by atoms with Gasteiger partial charge in [0.2, 0.25) is 0 Å². The Morgan fingerprint density at radius 3 is 2.62 bits per heavy atom. The Kier molecular flexibility index (Phi) is 4.97. The van der Waals surface area contributed by atoms with Gasteiger partial charge in [0.05, 0.1) is 0 Å². The van der Waals surface area contributed by atoms with Crippen LogP contribution in [0.25, 0.3) is 0 Å². The molecule has 3 rings (SSSR count). The van der Waals surface area contributed by atoms with Crippen molar-refractivity contribution in [1.29, 1.82) is 0 Å². The summed E-state index contributed by atoms with van der Waals surface area (Å²) in [5.41, 5.74) is 1.45. The summed E-state index contributed by atoms with van der Waals surface area (Å²) in [6.07, 6.45) is 5.60. The van der Waals surface area contributed by atoms with Crippen LogP contribution in [0.4, 0.5) is 0 Å². The highest BCUT2D eigenvalue weighted by atomic mass is 15.2. The fraction of sp³-hybridized carbons (Fsp3) is 0.684. The molecule has 0 amide bonds. The van der Waals surface area contributed by atoms with E-state index >= 15 is 0 Å². The molecule has 0 bridgehead atoms. The summed E-state index contributed by atoms with van der Waals surface area (Å²) in [5.74, 6) is 1.80. The highest BCUT2D eigenvalue weighted by Gasteiger charge is 2.38. The monoisotopic (exact) mass is 286 g/mol. The van der Waals surface area contributed by atoms with Crippen LogP contribution >= 0.6 is 0 Å². The fourth-order valence-electron chi connectivity index (χ4n) is 3.64. The van der Waals surface area contributed by atoms with E-state index in [1.165, 1.54) is 50.9 Å². The molecule has 1 saturated carbocycles. The summed E-state index contributed by atoms with van der Waals surface area (Å²) < 4.78 is 0. The molecule has 0 radical (unpaired) electrons. The molecule has 1 N–H and O–H groups in total. The number of hydrogen-bond donors (Lipinski definition) is 1. The highest BCUT2D eigenvalue weighted by Crippen LogP contribution is 2.37. The third-order valence-corrected chi connectivity index (χ3v) is 5.05. The Balaban J connectivity index is 1.61. The molecule has 2 heteroatoms. The van der Waals surface area contributed by atoms with Gasteiger partial charge in [0.15, 0.2) is 0 Å². The Morgan fingerprint density at radius 1 is 1.19 bits per heavy atom. The molecule has 1 heterocycles. The van der Waals surface area contributed by atoms with E-state index < -0.39 is 0 Å². The van der Waals surface area contributed by atoms with Crippen LogP contribution in [0.3, 0.4) is 0 Å². The van der Waals surface area contributed by atoms with E-state index in [0.717, 1.165) is 17.9 Å². The van der Waals surface area contributed by atoms with Crippen molar-refractivity contribution < 1.29 is 0 Å². The Morgan fingerprint density at radius 2 is 1.95 bits per heavy atom. The standard InChI is InChI=1S/C19H30N2/c1-15(2)7-6-12-21-14-18(16-8-4-3-5-9-16)20-13-19(21)17-10-11-17/h3-5,8-9,15,17-20H,6-7,10-14H2,1-2H3. The van der Waals surface area contributed by atoms with Crippen molar-refractivity contribution in [2.75, 3.05) is 19.6 Å². The first-order chi connectivity index (χ1) is 10.2. The second kappa shape index (κ2) is 6.93. The van der Waals surface area contributed by atoms with E-state index in [4.69, 9.17) is 0 Å². The molecular weight excluding hydrogens is 256 g/mol. The van der Waals surface area contributed by atoms with E-state index in [9.17, 15) is 0 Å². The average molecular weight is 286 g/mol. The summed E-state index contributed by atoms with van der Waals surface area (Å²) in [6.45, 7) is 8.31. The molecule has 2 atom stereocenters. The maximum absolute atomic E-state index is 3.79. The van der Waals surface area contributed by atoms with Gasteiger partial charge in [0.1, 0.15) is 0 Å². The first-order valence-electron chi connectivity index (χ1n) is 8.76. The van der Waals surface area contributed by atoms with Crippen molar-refractivity contribution in [3.63, 3.8) is 0 Å². The van der Waals surface area contributed by atoms with Crippen LogP contribution in [0, 0.1) is 11.8 Å². The van der Waals surface area contributed by atoms with E-state index in [2.05, 4.69) is 54.4 Å². The second-order valence-corrected chi connectivity index (χ2v) is 7.31. The zero-order valence-electron chi connectivity index (χ0n) is 13.6. The molecule has 2 aliphatic rings. The average Bonchev–Trinajstić information content (AvgIpc) is 3.32. The van der Waals surface area contributed by atoms with Crippen LogP contribution in [0.15, 0.2) is 30.3 Å². The number of benzene rings is 1. The molecule has 2 unspecified atom stereocenters. The van der Waals surface area contributed by atoms with Gasteiger partial charge in [-0.15, -0.1) is 0 Å². The molecule has 116 valence electrons. The van der Waals surface area contributed by atoms with E-state index in [0.29, 0.717) is 6.04 Å². The molecule has 21 heavy (non-hydrogen) atoms. The highest BCUT2D eigenvalue weighted by molar-refractivity contribution is 5.20. The lowest BCUT2D eigenvalue weighted by Crippen LogP contribution is -2.53. The third-order valence-electron chi connectivity index (χ3n) is 5.05. The summed E-state index contributed by atoms with van der Waals surface area (Å²) >= 11 is 0. The first kappa shape index (κ1) is 15.1. The van der Waals surface area contributed by atoms with Crippen molar-refractivity contribution >= 4 is 0 Å². The van der Waals surface area contributed by atoms with Crippen LogP contribution in [0.2, 0.25) is 0 Å². The third kappa shape index (κ3) is 4.08. The van der Waals surface area contributed by atoms with Crippen molar-refractivity contribution in [3.05, 3.63) is 35.9 Å². The number of nitrogens with one attached hydrogen (secondary N) is 1.